The van der Waals surface area contributed by atoms with E-state index in [-0.39, 0.29) is 17.8 Å². The van der Waals surface area contributed by atoms with Crippen molar-refractivity contribution >= 4 is 11.9 Å². The van der Waals surface area contributed by atoms with Crippen LogP contribution in [0.1, 0.15) is 10.4 Å². The van der Waals surface area contributed by atoms with E-state index in [4.69, 9.17) is 13.9 Å². The molecule has 7 heteroatoms. The molecule has 150 valence electrons. The normalized spacial score (nSPS) is 10.5. The summed E-state index contributed by atoms with van der Waals surface area (Å²) >= 11 is 0. The second-order valence-electron chi connectivity index (χ2n) is 6.38. The largest absolute Gasteiger partial charge is 0.493 e. The van der Waals surface area contributed by atoms with Crippen molar-refractivity contribution in [2.75, 3.05) is 19.5 Å². The highest BCUT2D eigenvalue weighted by atomic mass is 16.5. The predicted molar refractivity (Wildman–Crippen MR) is 113 cm³/mol. The van der Waals surface area contributed by atoms with Gasteiger partial charge in [-0.1, -0.05) is 47.6 Å². The Labute approximate surface area is 173 Å². The van der Waals surface area contributed by atoms with Gasteiger partial charge >= 0.3 is 6.01 Å². The van der Waals surface area contributed by atoms with Crippen LogP contribution < -0.4 is 14.8 Å². The number of carbonyl (C=O) groups excluding carboxylic acids is 1. The lowest BCUT2D eigenvalue weighted by molar-refractivity contribution is 0.102. The average molecular weight is 401 g/mol. The van der Waals surface area contributed by atoms with Crippen LogP contribution in [0, 0.1) is 0 Å². The zero-order valence-electron chi connectivity index (χ0n) is 16.5. The summed E-state index contributed by atoms with van der Waals surface area (Å²) in [5, 5.41) is 10.5. The SMILES string of the molecule is COc1ccc(-c2nnc(NC(=O)c3ccc(-c4ccccc4)cc3)o2)cc1OC. The van der Waals surface area contributed by atoms with Crippen molar-refractivity contribution in [3.05, 3.63) is 78.4 Å². The maximum Gasteiger partial charge on any atom is 0.322 e. The fourth-order valence-electron chi connectivity index (χ4n) is 2.97. The number of aromatic nitrogens is 2. The van der Waals surface area contributed by atoms with Crippen LogP contribution in [-0.2, 0) is 0 Å². The van der Waals surface area contributed by atoms with Gasteiger partial charge in [0.15, 0.2) is 11.5 Å². The van der Waals surface area contributed by atoms with Gasteiger partial charge in [0, 0.05) is 11.1 Å². The van der Waals surface area contributed by atoms with E-state index in [9.17, 15) is 4.79 Å². The molecule has 1 amide bonds. The van der Waals surface area contributed by atoms with Gasteiger partial charge in [0.05, 0.1) is 14.2 Å². The molecule has 7 nitrogen and oxygen atoms in total. The van der Waals surface area contributed by atoms with Crippen LogP contribution in [-0.4, -0.2) is 30.3 Å². The maximum absolute atomic E-state index is 12.5. The third-order valence-electron chi connectivity index (χ3n) is 4.53. The molecular weight excluding hydrogens is 382 g/mol. The number of nitrogens with one attached hydrogen (secondary N) is 1. The Morgan fingerprint density at radius 1 is 0.800 bits per heavy atom. The van der Waals surface area contributed by atoms with Crippen molar-refractivity contribution in [1.29, 1.82) is 0 Å². The number of hydrogen-bond donors (Lipinski definition) is 1. The molecular formula is C23H19N3O4. The number of rotatable bonds is 6. The monoisotopic (exact) mass is 401 g/mol. The highest BCUT2D eigenvalue weighted by Crippen LogP contribution is 2.32. The number of amides is 1. The van der Waals surface area contributed by atoms with Gasteiger partial charge in [0.1, 0.15) is 0 Å². The lowest BCUT2D eigenvalue weighted by atomic mass is 10.0. The molecule has 0 fully saturated rings. The Morgan fingerprint density at radius 2 is 1.47 bits per heavy atom. The minimum atomic E-state index is -0.336. The third-order valence-corrected chi connectivity index (χ3v) is 4.53. The van der Waals surface area contributed by atoms with Crippen LogP contribution in [0.4, 0.5) is 6.01 Å². The summed E-state index contributed by atoms with van der Waals surface area (Å²) in [7, 11) is 3.11. The van der Waals surface area contributed by atoms with Crippen LogP contribution >= 0.6 is 0 Å². The van der Waals surface area contributed by atoms with Crippen molar-refractivity contribution in [2.45, 2.75) is 0 Å². The molecule has 1 heterocycles. The second-order valence-corrected chi connectivity index (χ2v) is 6.38. The van der Waals surface area contributed by atoms with E-state index >= 15 is 0 Å². The molecule has 1 N–H and O–H groups in total. The number of nitrogens with zero attached hydrogens (tertiary/aromatic N) is 2. The topological polar surface area (TPSA) is 86.5 Å². The van der Waals surface area contributed by atoms with Crippen LogP contribution in [0.5, 0.6) is 11.5 Å². The zero-order valence-corrected chi connectivity index (χ0v) is 16.5. The molecule has 4 aromatic rings. The quantitative estimate of drug-likeness (QED) is 0.505. The standard InChI is InChI=1S/C23H19N3O4/c1-28-19-13-12-18(14-20(19)29-2)22-25-26-23(30-22)24-21(27)17-10-8-16(9-11-17)15-6-4-3-5-7-15/h3-14H,1-2H3,(H,24,26,27). The highest BCUT2D eigenvalue weighted by molar-refractivity contribution is 6.03. The van der Waals surface area contributed by atoms with E-state index in [0.717, 1.165) is 11.1 Å². The summed E-state index contributed by atoms with van der Waals surface area (Å²) < 4.78 is 16.1. The predicted octanol–water partition coefficient (Wildman–Crippen LogP) is 4.67. The Balaban J connectivity index is 1.48. The van der Waals surface area contributed by atoms with Crippen molar-refractivity contribution in [2.24, 2.45) is 0 Å². The smallest absolute Gasteiger partial charge is 0.322 e. The number of benzene rings is 3. The molecule has 0 saturated carbocycles. The molecule has 0 atom stereocenters. The summed E-state index contributed by atoms with van der Waals surface area (Å²) in [6.07, 6.45) is 0. The number of carbonyl (C=O) groups is 1. The lowest BCUT2D eigenvalue weighted by Crippen LogP contribution is -2.11. The first kappa shape index (κ1) is 19.2. The van der Waals surface area contributed by atoms with Crippen molar-refractivity contribution < 1.29 is 18.7 Å². The highest BCUT2D eigenvalue weighted by Gasteiger charge is 2.15. The van der Waals surface area contributed by atoms with Crippen molar-refractivity contribution in [3.8, 4) is 34.1 Å². The summed E-state index contributed by atoms with van der Waals surface area (Å²) in [5.74, 6) is 1.05. The van der Waals surface area contributed by atoms with E-state index in [1.165, 1.54) is 0 Å². The summed E-state index contributed by atoms with van der Waals surface area (Å²) in [6.45, 7) is 0. The van der Waals surface area contributed by atoms with Crippen LogP contribution in [0.3, 0.4) is 0 Å². The molecule has 3 aromatic carbocycles. The number of ether oxygens (including phenoxy) is 2. The van der Waals surface area contributed by atoms with Crippen LogP contribution in [0.2, 0.25) is 0 Å². The molecule has 0 bridgehead atoms. The maximum atomic E-state index is 12.5. The number of anilines is 1. The minimum Gasteiger partial charge on any atom is -0.493 e. The van der Waals surface area contributed by atoms with E-state index < -0.39 is 0 Å². The molecule has 4 rings (SSSR count). The van der Waals surface area contributed by atoms with Crippen molar-refractivity contribution in [3.63, 3.8) is 0 Å². The van der Waals surface area contributed by atoms with E-state index in [2.05, 4.69) is 15.5 Å². The van der Waals surface area contributed by atoms with E-state index in [0.29, 0.717) is 22.6 Å². The average Bonchev–Trinajstić information content (AvgIpc) is 3.27. The van der Waals surface area contributed by atoms with Crippen LogP contribution in [0.15, 0.2) is 77.2 Å². The zero-order chi connectivity index (χ0) is 20.9. The molecule has 0 aliphatic heterocycles. The van der Waals surface area contributed by atoms with E-state index in [1.807, 2.05) is 42.5 Å². The van der Waals surface area contributed by atoms with Gasteiger partial charge in [-0.25, -0.2) is 0 Å². The van der Waals surface area contributed by atoms with Crippen LogP contribution in [0.25, 0.3) is 22.6 Å². The third kappa shape index (κ3) is 4.00. The Morgan fingerprint density at radius 3 is 2.17 bits per heavy atom. The van der Waals surface area contributed by atoms with Gasteiger partial charge in [0.2, 0.25) is 5.89 Å². The van der Waals surface area contributed by atoms with Gasteiger partial charge in [0.25, 0.3) is 5.91 Å². The Bertz CT molecular complexity index is 1150. The molecule has 0 spiro atoms. The summed E-state index contributed by atoms with van der Waals surface area (Å²) in [5.41, 5.74) is 3.25. The molecule has 30 heavy (non-hydrogen) atoms. The molecule has 1 aromatic heterocycles. The van der Waals surface area contributed by atoms with Gasteiger partial charge in [-0.15, -0.1) is 5.10 Å². The molecule has 0 unspecified atom stereocenters. The molecule has 0 aliphatic carbocycles. The Hall–Kier alpha value is -4.13. The molecule has 0 radical (unpaired) electrons. The lowest BCUT2D eigenvalue weighted by Gasteiger charge is -2.07. The van der Waals surface area contributed by atoms with Gasteiger partial charge < -0.3 is 13.9 Å². The number of hydrogen-bond acceptors (Lipinski definition) is 6. The second kappa shape index (κ2) is 8.48. The fourth-order valence-corrected chi connectivity index (χ4v) is 2.97. The molecule has 0 aliphatic rings. The van der Waals surface area contributed by atoms with Gasteiger partial charge in [-0.3, -0.25) is 10.1 Å². The summed E-state index contributed by atoms with van der Waals surface area (Å²) in [6, 6.07) is 22.5. The first-order valence-electron chi connectivity index (χ1n) is 9.20. The van der Waals surface area contributed by atoms with E-state index in [1.54, 1.807) is 44.6 Å². The first-order valence-corrected chi connectivity index (χ1v) is 9.20. The van der Waals surface area contributed by atoms with Gasteiger partial charge in [-0.05, 0) is 41.5 Å². The van der Waals surface area contributed by atoms with Gasteiger partial charge in [-0.2, -0.15) is 0 Å². The van der Waals surface area contributed by atoms with Crippen molar-refractivity contribution in [1.82, 2.24) is 10.2 Å². The fraction of sp³-hybridized carbons (Fsp3) is 0.0870. The number of methoxy groups -OCH3 is 2. The summed E-state index contributed by atoms with van der Waals surface area (Å²) in [4.78, 5) is 12.5. The first-order chi connectivity index (χ1) is 14.7. The molecule has 0 saturated heterocycles. The minimum absolute atomic E-state index is 0.0110. The Kier molecular flexibility index (Phi) is 5.43.